The van der Waals surface area contributed by atoms with Crippen molar-refractivity contribution < 1.29 is 9.59 Å². The van der Waals surface area contributed by atoms with E-state index in [2.05, 4.69) is 10.3 Å². The van der Waals surface area contributed by atoms with E-state index in [1.807, 2.05) is 0 Å². The monoisotopic (exact) mass is 305 g/mol. The van der Waals surface area contributed by atoms with Gasteiger partial charge in [-0.1, -0.05) is 0 Å². The maximum atomic E-state index is 12.5. The summed E-state index contributed by atoms with van der Waals surface area (Å²) in [5.74, 6) is -0.0299. The van der Waals surface area contributed by atoms with Gasteiger partial charge < -0.3 is 20.9 Å². The van der Waals surface area contributed by atoms with Gasteiger partial charge in [0.05, 0.1) is 12.2 Å². The van der Waals surface area contributed by atoms with Crippen LogP contribution in [0.5, 0.6) is 0 Å². The second-order valence-electron chi connectivity index (χ2n) is 5.74. The predicted octanol–water partition coefficient (Wildman–Crippen LogP) is 0.416. The Kier molecular flexibility index (Phi) is 5.32. The fourth-order valence-electron chi connectivity index (χ4n) is 2.41. The molecule has 0 aliphatic carbocycles. The lowest BCUT2D eigenvalue weighted by Crippen LogP contribution is -2.45. The van der Waals surface area contributed by atoms with Gasteiger partial charge in [-0.2, -0.15) is 0 Å². The zero-order valence-electron chi connectivity index (χ0n) is 13.1. The molecule has 0 bridgehead atoms. The van der Waals surface area contributed by atoms with Crippen LogP contribution in [-0.4, -0.2) is 59.9 Å². The third-order valence-electron chi connectivity index (χ3n) is 3.64. The molecule has 0 aromatic carbocycles. The Balaban J connectivity index is 2.01. The van der Waals surface area contributed by atoms with E-state index >= 15 is 0 Å². The van der Waals surface area contributed by atoms with Crippen LogP contribution in [0.1, 0.15) is 28.9 Å². The molecular formula is C15H23N5O2. The minimum Gasteiger partial charge on any atom is -0.337 e. The first-order valence-corrected chi connectivity index (χ1v) is 7.42. The molecule has 1 fully saturated rings. The highest BCUT2D eigenvalue weighted by Crippen LogP contribution is 2.13. The van der Waals surface area contributed by atoms with Crippen molar-refractivity contribution in [2.24, 2.45) is 5.73 Å². The number of rotatable bonds is 3. The fraction of sp³-hybridized carbons (Fsp3) is 0.533. The van der Waals surface area contributed by atoms with E-state index < -0.39 is 0 Å². The zero-order chi connectivity index (χ0) is 16.1. The van der Waals surface area contributed by atoms with Crippen LogP contribution in [0, 0.1) is 0 Å². The number of nitrogens with one attached hydrogen (secondary N) is 1. The van der Waals surface area contributed by atoms with E-state index in [1.54, 1.807) is 37.3 Å². The zero-order valence-corrected chi connectivity index (χ0v) is 13.1. The van der Waals surface area contributed by atoms with Crippen molar-refractivity contribution in [3.05, 3.63) is 29.6 Å². The first-order valence-electron chi connectivity index (χ1n) is 7.42. The summed E-state index contributed by atoms with van der Waals surface area (Å²) in [5.41, 5.74) is 7.16. The number of amides is 3. The minimum absolute atomic E-state index is 0.0299. The maximum Gasteiger partial charge on any atom is 0.317 e. The lowest BCUT2D eigenvalue weighted by molar-refractivity contribution is 0.0708. The molecule has 7 heteroatoms. The Hall–Kier alpha value is -2.15. The minimum atomic E-state index is -0.194. The largest absolute Gasteiger partial charge is 0.337 e. The van der Waals surface area contributed by atoms with Crippen LogP contribution < -0.4 is 11.1 Å². The third kappa shape index (κ3) is 4.17. The quantitative estimate of drug-likeness (QED) is 0.846. The smallest absolute Gasteiger partial charge is 0.317 e. The average Bonchev–Trinajstić information content (AvgIpc) is 2.52. The maximum absolute atomic E-state index is 12.5. The van der Waals surface area contributed by atoms with E-state index in [0.29, 0.717) is 17.8 Å². The third-order valence-corrected chi connectivity index (χ3v) is 3.64. The molecule has 1 atom stereocenters. The van der Waals surface area contributed by atoms with Crippen molar-refractivity contribution in [3.8, 4) is 0 Å². The average molecular weight is 305 g/mol. The molecule has 1 aromatic rings. The molecule has 3 amide bonds. The van der Waals surface area contributed by atoms with Crippen LogP contribution in [0.4, 0.5) is 4.79 Å². The molecule has 1 aliphatic rings. The molecule has 2 rings (SSSR count). The Morgan fingerprint density at radius 3 is 2.95 bits per heavy atom. The highest BCUT2D eigenvalue weighted by Gasteiger charge is 2.22. The molecule has 1 unspecified atom stereocenters. The second kappa shape index (κ2) is 7.22. The molecule has 3 N–H and O–H groups in total. The van der Waals surface area contributed by atoms with Crippen molar-refractivity contribution in [3.63, 3.8) is 0 Å². The van der Waals surface area contributed by atoms with Gasteiger partial charge in [0.2, 0.25) is 0 Å². The Morgan fingerprint density at radius 2 is 2.27 bits per heavy atom. The number of likely N-dealkylation sites (tertiary alicyclic amines) is 1. The van der Waals surface area contributed by atoms with Crippen molar-refractivity contribution in [1.29, 1.82) is 0 Å². The molecule has 0 radical (unpaired) electrons. The summed E-state index contributed by atoms with van der Waals surface area (Å²) < 4.78 is 0. The number of nitrogens with two attached hydrogens (primary N) is 1. The Morgan fingerprint density at radius 1 is 1.50 bits per heavy atom. The number of nitrogens with zero attached hydrogens (tertiary/aromatic N) is 3. The first-order chi connectivity index (χ1) is 10.5. The number of carbonyl (C=O) groups is 2. The first kappa shape index (κ1) is 16.2. The summed E-state index contributed by atoms with van der Waals surface area (Å²) in [7, 11) is 3.34. The van der Waals surface area contributed by atoms with Gasteiger partial charge in [-0.05, 0) is 25.0 Å². The summed E-state index contributed by atoms with van der Waals surface area (Å²) in [4.78, 5) is 31.4. The standard InChI is InChI=1S/C15H23N5O2/c1-19(2)15(22)18-9-13-8-11(5-6-17-13)14(21)20-7-3-4-12(16)10-20/h5-6,8,12H,3-4,7,9-10,16H2,1-2H3,(H,18,22). The number of carbonyl (C=O) groups excluding carboxylic acids is 2. The summed E-state index contributed by atoms with van der Waals surface area (Å²) in [6.45, 7) is 1.62. The van der Waals surface area contributed by atoms with E-state index in [-0.39, 0.29) is 24.5 Å². The molecule has 1 aliphatic heterocycles. The summed E-state index contributed by atoms with van der Waals surface area (Å²) in [5, 5.41) is 2.73. The molecule has 1 aromatic heterocycles. The molecule has 0 spiro atoms. The number of piperidine rings is 1. The number of hydrogen-bond acceptors (Lipinski definition) is 4. The number of aromatic nitrogens is 1. The van der Waals surface area contributed by atoms with Crippen LogP contribution in [0.3, 0.4) is 0 Å². The van der Waals surface area contributed by atoms with Crippen molar-refractivity contribution in [1.82, 2.24) is 20.1 Å². The van der Waals surface area contributed by atoms with Gasteiger partial charge in [0.15, 0.2) is 0 Å². The predicted molar refractivity (Wildman–Crippen MR) is 83.3 cm³/mol. The van der Waals surface area contributed by atoms with Gasteiger partial charge in [-0.25, -0.2) is 4.79 Å². The lowest BCUT2D eigenvalue weighted by Gasteiger charge is -2.30. The molecular weight excluding hydrogens is 282 g/mol. The second-order valence-corrected chi connectivity index (χ2v) is 5.74. The lowest BCUT2D eigenvalue weighted by atomic mass is 10.1. The number of urea groups is 1. The van der Waals surface area contributed by atoms with Crippen LogP contribution in [0.25, 0.3) is 0 Å². The summed E-state index contributed by atoms with van der Waals surface area (Å²) in [6, 6.07) is 3.27. The number of pyridine rings is 1. The summed E-state index contributed by atoms with van der Waals surface area (Å²) >= 11 is 0. The molecule has 0 saturated carbocycles. The topological polar surface area (TPSA) is 91.6 Å². The van der Waals surface area contributed by atoms with Gasteiger partial charge in [0.1, 0.15) is 0 Å². The molecule has 1 saturated heterocycles. The van der Waals surface area contributed by atoms with Gasteiger partial charge in [0, 0.05) is 45.0 Å². The Labute approximate surface area is 130 Å². The van der Waals surface area contributed by atoms with Crippen molar-refractivity contribution in [2.45, 2.75) is 25.4 Å². The molecule has 120 valence electrons. The van der Waals surface area contributed by atoms with E-state index in [4.69, 9.17) is 5.73 Å². The number of hydrogen-bond donors (Lipinski definition) is 2. The van der Waals surface area contributed by atoms with Crippen LogP contribution in [0.15, 0.2) is 18.3 Å². The van der Waals surface area contributed by atoms with Crippen LogP contribution >= 0.6 is 0 Å². The van der Waals surface area contributed by atoms with Crippen LogP contribution in [-0.2, 0) is 6.54 Å². The Bertz CT molecular complexity index is 546. The van der Waals surface area contributed by atoms with Crippen molar-refractivity contribution in [2.75, 3.05) is 27.2 Å². The SMILES string of the molecule is CN(C)C(=O)NCc1cc(C(=O)N2CCCC(N)C2)ccn1. The molecule has 2 heterocycles. The van der Waals surface area contributed by atoms with E-state index in [0.717, 1.165) is 19.4 Å². The summed E-state index contributed by atoms with van der Waals surface area (Å²) in [6.07, 6.45) is 3.49. The van der Waals surface area contributed by atoms with Crippen LogP contribution in [0.2, 0.25) is 0 Å². The highest BCUT2D eigenvalue weighted by molar-refractivity contribution is 5.94. The molecule has 22 heavy (non-hydrogen) atoms. The van der Waals surface area contributed by atoms with Gasteiger partial charge >= 0.3 is 6.03 Å². The van der Waals surface area contributed by atoms with E-state index in [1.165, 1.54) is 4.90 Å². The normalized spacial score (nSPS) is 18.0. The van der Waals surface area contributed by atoms with E-state index in [9.17, 15) is 9.59 Å². The van der Waals surface area contributed by atoms with Gasteiger partial charge in [-0.15, -0.1) is 0 Å². The highest BCUT2D eigenvalue weighted by atomic mass is 16.2. The van der Waals surface area contributed by atoms with Gasteiger partial charge in [-0.3, -0.25) is 9.78 Å². The van der Waals surface area contributed by atoms with Crippen molar-refractivity contribution >= 4 is 11.9 Å². The molecule has 7 nitrogen and oxygen atoms in total. The van der Waals surface area contributed by atoms with Gasteiger partial charge in [0.25, 0.3) is 5.91 Å². The fourth-order valence-corrected chi connectivity index (χ4v) is 2.41.